The molecule has 0 amide bonds. The van der Waals surface area contributed by atoms with Crippen LogP contribution in [0.25, 0.3) is 11.2 Å². The van der Waals surface area contributed by atoms with Gasteiger partial charge in [0.15, 0.2) is 11.2 Å². The van der Waals surface area contributed by atoms with Crippen LogP contribution in [0.5, 0.6) is 0 Å². The summed E-state index contributed by atoms with van der Waals surface area (Å²) in [6, 6.07) is 0. The lowest BCUT2D eigenvalue weighted by Crippen LogP contribution is -2.45. The number of aryl methyl sites for hydroxylation is 2. The molecule has 0 saturated carbocycles. The molecule has 8 nitrogen and oxygen atoms in total. The van der Waals surface area contributed by atoms with Crippen LogP contribution in [0.3, 0.4) is 0 Å². The Kier molecular flexibility index (Phi) is 6.95. The summed E-state index contributed by atoms with van der Waals surface area (Å²) in [7, 11) is 3.22. The van der Waals surface area contributed by atoms with Gasteiger partial charge in [0, 0.05) is 33.7 Å². The number of ether oxygens (including phenoxy) is 1. The molecule has 29 heavy (non-hydrogen) atoms. The second kappa shape index (κ2) is 9.26. The zero-order valence-corrected chi connectivity index (χ0v) is 18.5. The van der Waals surface area contributed by atoms with Gasteiger partial charge in [0.2, 0.25) is 0 Å². The smallest absolute Gasteiger partial charge is 0.332 e. The van der Waals surface area contributed by atoms with Crippen LogP contribution in [-0.4, -0.2) is 48.9 Å². The molecule has 1 saturated heterocycles. The fourth-order valence-corrected chi connectivity index (χ4v) is 4.34. The van der Waals surface area contributed by atoms with E-state index in [9.17, 15) is 9.59 Å². The van der Waals surface area contributed by atoms with Gasteiger partial charge in [0.1, 0.15) is 5.82 Å². The van der Waals surface area contributed by atoms with Gasteiger partial charge < -0.3 is 9.30 Å². The van der Waals surface area contributed by atoms with Gasteiger partial charge in [-0.1, -0.05) is 32.6 Å². The summed E-state index contributed by atoms with van der Waals surface area (Å²) in [5, 5.41) is 0. The summed E-state index contributed by atoms with van der Waals surface area (Å²) in [5.41, 5.74) is 0.417. The van der Waals surface area contributed by atoms with Crippen molar-refractivity contribution < 1.29 is 4.74 Å². The van der Waals surface area contributed by atoms with E-state index in [1.165, 1.54) is 35.4 Å². The van der Waals surface area contributed by atoms with Crippen molar-refractivity contribution in [1.82, 2.24) is 23.6 Å². The number of unbranched alkanes of at least 4 members (excludes halogenated alkanes) is 4. The Labute approximate surface area is 172 Å². The molecular formula is C21H35N5O3. The molecule has 1 aliphatic heterocycles. The van der Waals surface area contributed by atoms with Crippen molar-refractivity contribution in [2.75, 3.05) is 13.1 Å². The Hall–Kier alpha value is -1.93. The molecule has 3 heterocycles. The summed E-state index contributed by atoms with van der Waals surface area (Å²) in [4.78, 5) is 32.4. The fourth-order valence-electron chi connectivity index (χ4n) is 4.34. The number of morpholine rings is 1. The van der Waals surface area contributed by atoms with Crippen LogP contribution in [0.1, 0.15) is 58.7 Å². The molecule has 2 atom stereocenters. The van der Waals surface area contributed by atoms with Gasteiger partial charge in [-0.3, -0.25) is 18.8 Å². The quantitative estimate of drug-likeness (QED) is 0.628. The van der Waals surface area contributed by atoms with E-state index >= 15 is 0 Å². The van der Waals surface area contributed by atoms with E-state index in [2.05, 4.69) is 25.7 Å². The molecular weight excluding hydrogens is 370 g/mol. The maximum Gasteiger partial charge on any atom is 0.332 e. The number of aromatic nitrogens is 4. The first kappa shape index (κ1) is 21.8. The highest BCUT2D eigenvalue weighted by Crippen LogP contribution is 2.18. The third-order valence-electron chi connectivity index (χ3n) is 5.77. The van der Waals surface area contributed by atoms with Crippen LogP contribution >= 0.6 is 0 Å². The SMILES string of the molecule is CCCCCCCn1c(CN2CC(C)OC(C)C2)nc2c1c(=O)n(C)c(=O)n2C. The Morgan fingerprint density at radius 2 is 1.66 bits per heavy atom. The second-order valence-electron chi connectivity index (χ2n) is 8.42. The highest BCUT2D eigenvalue weighted by Gasteiger charge is 2.25. The number of imidazole rings is 1. The van der Waals surface area contributed by atoms with E-state index in [1.54, 1.807) is 7.05 Å². The van der Waals surface area contributed by atoms with Crippen molar-refractivity contribution in [3.63, 3.8) is 0 Å². The maximum atomic E-state index is 12.9. The topological polar surface area (TPSA) is 74.3 Å². The zero-order valence-electron chi connectivity index (χ0n) is 18.5. The molecule has 0 bridgehead atoms. The average molecular weight is 406 g/mol. The Morgan fingerprint density at radius 1 is 1.00 bits per heavy atom. The molecule has 2 unspecified atom stereocenters. The molecule has 3 rings (SSSR count). The van der Waals surface area contributed by atoms with Crippen LogP contribution < -0.4 is 11.2 Å². The fraction of sp³-hybridized carbons (Fsp3) is 0.762. The number of hydrogen-bond donors (Lipinski definition) is 0. The standard InChI is InChI=1S/C21H35N5O3/c1-6-7-8-9-10-11-26-17(14-25-12-15(2)29-16(3)13-25)22-19-18(26)20(27)24(5)21(28)23(19)4/h15-16H,6-14H2,1-5H3. The largest absolute Gasteiger partial charge is 0.373 e. The van der Waals surface area contributed by atoms with E-state index in [1.807, 2.05) is 4.57 Å². The number of fused-ring (bicyclic) bond motifs is 1. The van der Waals surface area contributed by atoms with Gasteiger partial charge in [-0.05, 0) is 20.3 Å². The number of rotatable bonds is 8. The predicted octanol–water partition coefficient (Wildman–Crippen LogP) is 2.01. The lowest BCUT2D eigenvalue weighted by atomic mass is 10.1. The molecule has 2 aromatic rings. The molecule has 8 heteroatoms. The van der Waals surface area contributed by atoms with Crippen molar-refractivity contribution >= 4 is 11.2 Å². The average Bonchev–Trinajstić information content (AvgIpc) is 3.02. The maximum absolute atomic E-state index is 12.9. The number of hydrogen-bond acceptors (Lipinski definition) is 5. The Morgan fingerprint density at radius 3 is 2.31 bits per heavy atom. The summed E-state index contributed by atoms with van der Waals surface area (Å²) in [6.45, 7) is 9.44. The highest BCUT2D eigenvalue weighted by atomic mass is 16.5. The van der Waals surface area contributed by atoms with Crippen molar-refractivity contribution in [2.45, 2.75) is 78.2 Å². The minimum absolute atomic E-state index is 0.169. The van der Waals surface area contributed by atoms with Gasteiger partial charge in [-0.15, -0.1) is 0 Å². The van der Waals surface area contributed by atoms with Crippen LogP contribution in [0.2, 0.25) is 0 Å². The summed E-state index contributed by atoms with van der Waals surface area (Å²) in [5.74, 6) is 0.857. The van der Waals surface area contributed by atoms with E-state index in [-0.39, 0.29) is 23.5 Å². The first-order valence-electron chi connectivity index (χ1n) is 10.9. The first-order chi connectivity index (χ1) is 13.8. The number of nitrogens with zero attached hydrogens (tertiary/aromatic N) is 5. The lowest BCUT2D eigenvalue weighted by molar-refractivity contribution is -0.0712. The van der Waals surface area contributed by atoms with E-state index in [0.29, 0.717) is 17.7 Å². The minimum Gasteiger partial charge on any atom is -0.373 e. The van der Waals surface area contributed by atoms with Gasteiger partial charge in [0.25, 0.3) is 5.56 Å². The predicted molar refractivity (Wildman–Crippen MR) is 114 cm³/mol. The monoisotopic (exact) mass is 405 g/mol. The van der Waals surface area contributed by atoms with Crippen molar-refractivity contribution in [3.05, 3.63) is 26.7 Å². The molecule has 0 aliphatic carbocycles. The summed E-state index contributed by atoms with van der Waals surface area (Å²) >= 11 is 0. The molecule has 0 aromatic carbocycles. The zero-order chi connectivity index (χ0) is 21.1. The molecule has 162 valence electrons. The third kappa shape index (κ3) is 4.64. The van der Waals surface area contributed by atoms with Crippen molar-refractivity contribution in [1.29, 1.82) is 0 Å². The summed E-state index contributed by atoms with van der Waals surface area (Å²) < 4.78 is 10.6. The molecule has 0 spiro atoms. The van der Waals surface area contributed by atoms with Gasteiger partial charge in [0.05, 0.1) is 18.8 Å². The summed E-state index contributed by atoms with van der Waals surface area (Å²) in [6.07, 6.45) is 6.11. The molecule has 0 N–H and O–H groups in total. The first-order valence-corrected chi connectivity index (χ1v) is 10.9. The second-order valence-corrected chi connectivity index (χ2v) is 8.42. The molecule has 2 aromatic heterocycles. The van der Waals surface area contributed by atoms with Crippen LogP contribution in [0.4, 0.5) is 0 Å². The van der Waals surface area contributed by atoms with Gasteiger partial charge in [-0.25, -0.2) is 9.78 Å². The van der Waals surface area contributed by atoms with E-state index in [4.69, 9.17) is 9.72 Å². The van der Waals surface area contributed by atoms with Gasteiger partial charge >= 0.3 is 5.69 Å². The minimum atomic E-state index is -0.338. The van der Waals surface area contributed by atoms with Crippen LogP contribution in [-0.2, 0) is 31.9 Å². The van der Waals surface area contributed by atoms with Crippen molar-refractivity contribution in [2.24, 2.45) is 14.1 Å². The van der Waals surface area contributed by atoms with Crippen LogP contribution in [0.15, 0.2) is 9.59 Å². The molecule has 1 fully saturated rings. The Balaban J connectivity index is 1.97. The van der Waals surface area contributed by atoms with E-state index in [0.717, 1.165) is 38.3 Å². The highest BCUT2D eigenvalue weighted by molar-refractivity contribution is 5.71. The normalized spacial score (nSPS) is 20.6. The Bertz CT molecular complexity index is 948. The van der Waals surface area contributed by atoms with Crippen molar-refractivity contribution in [3.8, 4) is 0 Å². The van der Waals surface area contributed by atoms with Crippen LogP contribution in [0, 0.1) is 0 Å². The third-order valence-corrected chi connectivity index (χ3v) is 5.77. The molecule has 1 aliphatic rings. The van der Waals surface area contributed by atoms with Gasteiger partial charge in [-0.2, -0.15) is 0 Å². The molecule has 0 radical (unpaired) electrons. The lowest BCUT2D eigenvalue weighted by Gasteiger charge is -2.35. The van der Waals surface area contributed by atoms with E-state index < -0.39 is 0 Å².